The third-order valence-electron chi connectivity index (χ3n) is 4.32. The maximum absolute atomic E-state index is 2.47. The van der Waals surface area contributed by atoms with Crippen molar-refractivity contribution in [2.75, 3.05) is 0 Å². The van der Waals surface area contributed by atoms with Crippen molar-refractivity contribution in [1.82, 2.24) is 0 Å². The van der Waals surface area contributed by atoms with Gasteiger partial charge in [-0.05, 0) is 12.8 Å². The first-order valence-corrected chi connectivity index (χ1v) is 9.35. The number of nitrogens with zero attached hydrogens (tertiary/aromatic N) is 1. The van der Waals surface area contributed by atoms with Crippen LogP contribution in [-0.4, -0.2) is 0 Å². The molecule has 0 bridgehead atoms. The Balaban J connectivity index is 0.00000441. The Labute approximate surface area is 137 Å². The maximum Gasteiger partial charge on any atom is 0.181 e. The quantitative estimate of drug-likeness (QED) is 0.390. The van der Waals surface area contributed by atoms with Gasteiger partial charge in [0.25, 0.3) is 0 Å². The van der Waals surface area contributed by atoms with Gasteiger partial charge in [-0.25, -0.2) is 4.57 Å². The van der Waals surface area contributed by atoms with Crippen molar-refractivity contribution in [1.29, 1.82) is 0 Å². The summed E-state index contributed by atoms with van der Waals surface area (Å²) in [6, 6.07) is 6.64. The fourth-order valence-electron chi connectivity index (χ4n) is 2.91. The molecule has 1 aromatic heterocycles. The predicted molar refractivity (Wildman–Crippen MR) is 92.5 cm³/mol. The zero-order chi connectivity index (χ0) is 15.2. The molecule has 0 saturated heterocycles. The highest BCUT2D eigenvalue weighted by atomic mass is 19.0. The van der Waals surface area contributed by atoms with Crippen molar-refractivity contribution in [3.63, 3.8) is 0 Å². The van der Waals surface area contributed by atoms with E-state index in [-0.39, 0.29) is 4.70 Å². The zero-order valence-electron chi connectivity index (χ0n) is 14.8. The molecule has 128 valence electrons. The van der Waals surface area contributed by atoms with Crippen molar-refractivity contribution >= 4 is 0 Å². The van der Waals surface area contributed by atoms with E-state index in [2.05, 4.69) is 42.8 Å². The summed E-state index contributed by atoms with van der Waals surface area (Å²) in [6.45, 7) is 5.76. The summed E-state index contributed by atoms with van der Waals surface area (Å²) >= 11 is 0. The van der Waals surface area contributed by atoms with Crippen molar-refractivity contribution in [3.8, 4) is 0 Å². The molecular formula is C20H36FN. The Bertz CT molecular complexity index is 351. The zero-order valence-corrected chi connectivity index (χ0v) is 14.8. The lowest BCUT2D eigenvalue weighted by atomic mass is 10.1. The molecule has 1 nitrogen and oxygen atoms in total. The van der Waals surface area contributed by atoms with Crippen molar-refractivity contribution in [2.45, 2.75) is 97.4 Å². The Kier molecular flexibility index (Phi) is 14.4. The summed E-state index contributed by atoms with van der Waals surface area (Å²) in [5.74, 6) is 0. The van der Waals surface area contributed by atoms with E-state index >= 15 is 0 Å². The Hall–Kier alpha value is -0.920. The van der Waals surface area contributed by atoms with Crippen LogP contribution in [0.1, 0.15) is 90.2 Å². The molecule has 1 rings (SSSR count). The van der Waals surface area contributed by atoms with E-state index in [1.165, 1.54) is 89.3 Å². The third kappa shape index (κ3) is 9.92. The monoisotopic (exact) mass is 309 g/mol. The standard InChI is InChI=1S/C20H36N.FH/c1-3-5-7-8-9-10-11-12-14-18-21-19-15-13-17-20(21)16-6-4-2;/h13,15,17,19H,3-12,14,16,18H2,1-2H3;1H/q+1;/p-1. The molecule has 0 aliphatic carbocycles. The second-order valence-corrected chi connectivity index (χ2v) is 6.32. The van der Waals surface area contributed by atoms with Gasteiger partial charge in [-0.15, -0.1) is 0 Å². The van der Waals surface area contributed by atoms with Crippen LogP contribution >= 0.6 is 0 Å². The lowest BCUT2D eigenvalue weighted by Gasteiger charge is -2.04. The minimum Gasteiger partial charge on any atom is -1.00 e. The van der Waals surface area contributed by atoms with Gasteiger partial charge in [0.2, 0.25) is 0 Å². The Morgan fingerprint density at radius 1 is 0.727 bits per heavy atom. The number of halogens is 1. The molecule has 1 heterocycles. The second-order valence-electron chi connectivity index (χ2n) is 6.32. The number of rotatable bonds is 13. The first-order chi connectivity index (χ1) is 10.4. The summed E-state index contributed by atoms with van der Waals surface area (Å²) in [7, 11) is 0. The molecular weight excluding hydrogens is 273 g/mol. The SMILES string of the molecule is CCCCCCCCCCC[n+]1ccccc1CCCC.[F-]. The van der Waals surface area contributed by atoms with Crippen LogP contribution in [0.3, 0.4) is 0 Å². The van der Waals surface area contributed by atoms with Crippen molar-refractivity contribution in [3.05, 3.63) is 30.1 Å². The first-order valence-electron chi connectivity index (χ1n) is 9.35. The molecule has 0 aromatic carbocycles. The minimum atomic E-state index is 0. The van der Waals surface area contributed by atoms with E-state index < -0.39 is 0 Å². The largest absolute Gasteiger partial charge is 1.00 e. The van der Waals surface area contributed by atoms with E-state index in [1.54, 1.807) is 0 Å². The van der Waals surface area contributed by atoms with Gasteiger partial charge < -0.3 is 4.70 Å². The van der Waals surface area contributed by atoms with Gasteiger partial charge in [0.15, 0.2) is 11.9 Å². The van der Waals surface area contributed by atoms with Crippen LogP contribution in [0.15, 0.2) is 24.4 Å². The molecule has 0 aliphatic heterocycles. The average molecular weight is 310 g/mol. The van der Waals surface area contributed by atoms with Crippen LogP contribution in [0.5, 0.6) is 0 Å². The molecule has 0 unspecified atom stereocenters. The lowest BCUT2D eigenvalue weighted by molar-refractivity contribution is -0.704. The van der Waals surface area contributed by atoms with Gasteiger partial charge >= 0.3 is 0 Å². The van der Waals surface area contributed by atoms with E-state index in [4.69, 9.17) is 0 Å². The van der Waals surface area contributed by atoms with Crippen LogP contribution in [0, 0.1) is 0 Å². The smallest absolute Gasteiger partial charge is 0.181 e. The first kappa shape index (κ1) is 21.1. The van der Waals surface area contributed by atoms with Gasteiger partial charge in [-0.2, -0.15) is 0 Å². The van der Waals surface area contributed by atoms with Gasteiger partial charge in [0.1, 0.15) is 6.54 Å². The molecule has 0 spiro atoms. The molecule has 0 fully saturated rings. The highest BCUT2D eigenvalue weighted by Crippen LogP contribution is 2.09. The van der Waals surface area contributed by atoms with Crippen LogP contribution in [0.2, 0.25) is 0 Å². The number of aromatic nitrogens is 1. The van der Waals surface area contributed by atoms with E-state index in [1.807, 2.05) is 0 Å². The average Bonchev–Trinajstić information content (AvgIpc) is 2.52. The molecule has 1 aromatic rings. The number of hydrogen-bond acceptors (Lipinski definition) is 0. The van der Waals surface area contributed by atoms with Crippen LogP contribution in [-0.2, 0) is 13.0 Å². The Morgan fingerprint density at radius 2 is 1.32 bits per heavy atom. The molecule has 0 saturated carbocycles. The molecule has 0 amide bonds. The molecule has 0 N–H and O–H groups in total. The summed E-state index contributed by atoms with van der Waals surface area (Å²) in [4.78, 5) is 0. The Morgan fingerprint density at radius 3 is 1.95 bits per heavy atom. The van der Waals surface area contributed by atoms with Crippen LogP contribution in [0.4, 0.5) is 0 Å². The normalized spacial score (nSPS) is 10.5. The van der Waals surface area contributed by atoms with Crippen molar-refractivity contribution < 1.29 is 9.27 Å². The highest BCUT2D eigenvalue weighted by molar-refractivity contribution is 4.97. The second kappa shape index (κ2) is 15.0. The summed E-state index contributed by atoms with van der Waals surface area (Å²) in [5, 5.41) is 0. The summed E-state index contributed by atoms with van der Waals surface area (Å²) in [6.07, 6.45) is 18.8. The summed E-state index contributed by atoms with van der Waals surface area (Å²) < 4.78 is 2.47. The number of aryl methyl sites for hydroxylation is 2. The third-order valence-corrected chi connectivity index (χ3v) is 4.32. The lowest BCUT2D eigenvalue weighted by Crippen LogP contribution is -3.00. The molecule has 0 radical (unpaired) electrons. The van der Waals surface area contributed by atoms with Gasteiger partial charge in [0.05, 0.1) is 0 Å². The number of pyridine rings is 1. The fourth-order valence-corrected chi connectivity index (χ4v) is 2.91. The van der Waals surface area contributed by atoms with Crippen LogP contribution < -0.4 is 9.27 Å². The van der Waals surface area contributed by atoms with E-state index in [0.717, 1.165) is 0 Å². The molecule has 0 aliphatic rings. The van der Waals surface area contributed by atoms with Crippen LogP contribution in [0.25, 0.3) is 0 Å². The summed E-state index contributed by atoms with van der Waals surface area (Å²) in [5.41, 5.74) is 1.51. The van der Waals surface area contributed by atoms with Gasteiger partial charge in [0, 0.05) is 25.0 Å². The molecule has 0 atom stereocenters. The van der Waals surface area contributed by atoms with Crippen molar-refractivity contribution in [2.24, 2.45) is 0 Å². The number of hydrogen-bond donors (Lipinski definition) is 0. The minimum absolute atomic E-state index is 0. The van der Waals surface area contributed by atoms with Gasteiger partial charge in [-0.1, -0.05) is 71.3 Å². The molecule has 2 heteroatoms. The maximum atomic E-state index is 2.47. The predicted octanol–water partition coefficient (Wildman–Crippen LogP) is 2.85. The highest BCUT2D eigenvalue weighted by Gasteiger charge is 2.08. The fraction of sp³-hybridized carbons (Fsp3) is 0.750. The van der Waals surface area contributed by atoms with E-state index in [9.17, 15) is 0 Å². The van der Waals surface area contributed by atoms with E-state index in [0.29, 0.717) is 0 Å². The topological polar surface area (TPSA) is 3.88 Å². The van der Waals surface area contributed by atoms with Gasteiger partial charge in [-0.3, -0.25) is 0 Å². The molecule has 22 heavy (non-hydrogen) atoms. The number of unbranched alkanes of at least 4 members (excludes halogenated alkanes) is 9.